The second-order valence-corrected chi connectivity index (χ2v) is 8.89. The van der Waals surface area contributed by atoms with E-state index in [1.165, 1.54) is 29.1 Å². The molecule has 4 rings (SSSR count). The minimum absolute atomic E-state index is 0.129. The normalized spacial score (nSPS) is 12.8. The lowest BCUT2D eigenvalue weighted by molar-refractivity contribution is 0.0827. The molecule has 32 heavy (non-hydrogen) atoms. The van der Waals surface area contributed by atoms with Crippen molar-refractivity contribution in [3.63, 3.8) is 0 Å². The number of nitrogens with two attached hydrogens (primary N) is 1. The molecule has 9 nitrogen and oxygen atoms in total. The first kappa shape index (κ1) is 21.6. The Kier molecular flexibility index (Phi) is 6.01. The van der Waals surface area contributed by atoms with Gasteiger partial charge in [0, 0.05) is 33.0 Å². The van der Waals surface area contributed by atoms with Crippen LogP contribution in [0.5, 0.6) is 0 Å². The molecule has 10 heteroatoms. The van der Waals surface area contributed by atoms with Gasteiger partial charge in [0.1, 0.15) is 6.54 Å². The van der Waals surface area contributed by atoms with Crippen LogP contribution in [0.2, 0.25) is 0 Å². The SMILES string of the molecule is CC#CCn1cc(N(CC2CC2)c2nc(C(N)=O)c(-c3cc(C(=O)N(C)C)c[nH]3)s2)cn1. The third-order valence-electron chi connectivity index (χ3n) is 5.15. The molecule has 3 aromatic rings. The molecule has 3 heterocycles. The van der Waals surface area contributed by atoms with Crippen LogP contribution in [-0.4, -0.2) is 57.1 Å². The molecule has 0 aliphatic heterocycles. The van der Waals surface area contributed by atoms with Crippen LogP contribution < -0.4 is 10.6 Å². The van der Waals surface area contributed by atoms with Gasteiger partial charge >= 0.3 is 0 Å². The Morgan fingerprint density at radius 3 is 2.81 bits per heavy atom. The number of amides is 2. The van der Waals surface area contributed by atoms with Gasteiger partial charge in [0.2, 0.25) is 0 Å². The molecular formula is C22H25N7O2S. The van der Waals surface area contributed by atoms with Crippen molar-refractivity contribution < 1.29 is 9.59 Å². The number of aromatic amines is 1. The van der Waals surface area contributed by atoms with Crippen LogP contribution in [0.4, 0.5) is 10.8 Å². The van der Waals surface area contributed by atoms with Crippen LogP contribution in [0.3, 0.4) is 0 Å². The first-order valence-electron chi connectivity index (χ1n) is 10.3. The summed E-state index contributed by atoms with van der Waals surface area (Å²) in [5.41, 5.74) is 7.86. The molecule has 0 unspecified atom stereocenters. The van der Waals surface area contributed by atoms with Crippen molar-refractivity contribution in [1.29, 1.82) is 0 Å². The highest BCUT2D eigenvalue weighted by molar-refractivity contribution is 7.19. The summed E-state index contributed by atoms with van der Waals surface area (Å²) in [5, 5.41) is 5.06. The van der Waals surface area contributed by atoms with Crippen LogP contribution >= 0.6 is 11.3 Å². The topological polar surface area (TPSA) is 113 Å². The van der Waals surface area contributed by atoms with Gasteiger partial charge in [0.15, 0.2) is 10.8 Å². The number of anilines is 2. The minimum atomic E-state index is -0.613. The Bertz CT molecular complexity index is 1210. The lowest BCUT2D eigenvalue weighted by atomic mass is 10.2. The molecule has 1 aliphatic rings. The fourth-order valence-corrected chi connectivity index (χ4v) is 4.35. The van der Waals surface area contributed by atoms with Gasteiger partial charge < -0.3 is 20.5 Å². The molecule has 1 fully saturated rings. The van der Waals surface area contributed by atoms with Crippen molar-refractivity contribution in [2.24, 2.45) is 11.7 Å². The highest BCUT2D eigenvalue weighted by Gasteiger charge is 2.29. The van der Waals surface area contributed by atoms with Crippen molar-refractivity contribution in [2.45, 2.75) is 26.3 Å². The van der Waals surface area contributed by atoms with Crippen molar-refractivity contribution in [3.05, 3.63) is 35.9 Å². The van der Waals surface area contributed by atoms with E-state index in [4.69, 9.17) is 5.73 Å². The average Bonchev–Trinajstić information content (AvgIpc) is 3.16. The lowest BCUT2D eigenvalue weighted by Gasteiger charge is -2.19. The standard InChI is InChI=1S/C22H25N7O2S/c1-4-5-8-28-13-16(11-25-28)29(12-14-6-7-14)22-26-18(20(23)30)19(32-22)17-9-15(10-24-17)21(31)27(2)3/h9-11,13-14,24H,6-8,12H2,1-3H3,(H2,23,30). The number of hydrogen-bond donors (Lipinski definition) is 2. The lowest BCUT2D eigenvalue weighted by Crippen LogP contribution is -2.20. The van der Waals surface area contributed by atoms with Crippen LogP contribution in [0.25, 0.3) is 10.6 Å². The van der Waals surface area contributed by atoms with Crippen LogP contribution in [0, 0.1) is 17.8 Å². The third kappa shape index (κ3) is 4.53. The summed E-state index contributed by atoms with van der Waals surface area (Å²) in [7, 11) is 3.38. The zero-order valence-corrected chi connectivity index (χ0v) is 19.1. The Morgan fingerprint density at radius 2 is 2.16 bits per heavy atom. The third-order valence-corrected chi connectivity index (χ3v) is 6.26. The van der Waals surface area contributed by atoms with E-state index < -0.39 is 5.91 Å². The van der Waals surface area contributed by atoms with Crippen LogP contribution in [-0.2, 0) is 6.54 Å². The molecule has 0 aromatic carbocycles. The van der Waals surface area contributed by atoms with Gasteiger partial charge in [-0.15, -0.1) is 5.92 Å². The highest BCUT2D eigenvalue weighted by atomic mass is 32.1. The number of H-pyrrole nitrogens is 1. The highest BCUT2D eigenvalue weighted by Crippen LogP contribution is 2.40. The minimum Gasteiger partial charge on any atom is -0.364 e. The number of nitrogens with one attached hydrogen (secondary N) is 1. The summed E-state index contributed by atoms with van der Waals surface area (Å²) < 4.78 is 1.78. The first-order valence-corrected chi connectivity index (χ1v) is 11.1. The summed E-state index contributed by atoms with van der Waals surface area (Å²) in [6, 6.07) is 1.72. The summed E-state index contributed by atoms with van der Waals surface area (Å²) in [6.07, 6.45) is 7.68. The number of aromatic nitrogens is 4. The Labute approximate surface area is 190 Å². The molecule has 1 aliphatic carbocycles. The van der Waals surface area contributed by atoms with Crippen molar-refractivity contribution >= 4 is 34.0 Å². The average molecular weight is 452 g/mol. The summed E-state index contributed by atoms with van der Waals surface area (Å²) in [6.45, 7) is 3.09. The monoisotopic (exact) mass is 451 g/mol. The zero-order chi connectivity index (χ0) is 22.8. The maximum absolute atomic E-state index is 12.3. The van der Waals surface area contributed by atoms with Gasteiger partial charge in [-0.3, -0.25) is 14.3 Å². The Morgan fingerprint density at radius 1 is 1.38 bits per heavy atom. The van der Waals surface area contributed by atoms with Crippen LogP contribution in [0.15, 0.2) is 24.7 Å². The molecule has 2 amide bonds. The van der Waals surface area contributed by atoms with E-state index in [2.05, 4.69) is 31.8 Å². The molecule has 3 N–H and O–H groups in total. The van der Waals surface area contributed by atoms with Gasteiger partial charge in [-0.05, 0) is 31.7 Å². The number of nitrogens with zero attached hydrogens (tertiary/aromatic N) is 5. The predicted molar refractivity (Wildman–Crippen MR) is 124 cm³/mol. The molecule has 1 saturated carbocycles. The molecular weight excluding hydrogens is 426 g/mol. The second-order valence-electron chi connectivity index (χ2n) is 7.92. The molecule has 0 radical (unpaired) electrons. The van der Waals surface area contributed by atoms with E-state index in [1.54, 1.807) is 44.2 Å². The number of rotatable bonds is 8. The fourth-order valence-electron chi connectivity index (χ4n) is 3.27. The fraction of sp³-hybridized carbons (Fsp3) is 0.364. The van der Waals surface area contributed by atoms with Gasteiger partial charge in [-0.2, -0.15) is 5.10 Å². The number of carbonyl (C=O) groups is 2. The van der Waals surface area contributed by atoms with Crippen molar-refractivity contribution in [3.8, 4) is 22.4 Å². The van der Waals surface area contributed by atoms with E-state index in [1.807, 2.05) is 6.20 Å². The molecule has 166 valence electrons. The van der Waals surface area contributed by atoms with Crippen LogP contribution in [0.1, 0.15) is 40.6 Å². The van der Waals surface area contributed by atoms with Crippen molar-refractivity contribution in [2.75, 3.05) is 25.5 Å². The largest absolute Gasteiger partial charge is 0.364 e. The Hall–Kier alpha value is -3.58. The van der Waals surface area contributed by atoms with E-state index in [-0.39, 0.29) is 11.6 Å². The van der Waals surface area contributed by atoms with E-state index >= 15 is 0 Å². The first-order chi connectivity index (χ1) is 15.4. The van der Waals surface area contributed by atoms with E-state index in [9.17, 15) is 9.59 Å². The summed E-state index contributed by atoms with van der Waals surface area (Å²) >= 11 is 1.37. The summed E-state index contributed by atoms with van der Waals surface area (Å²) in [5.74, 6) is 5.71. The van der Waals surface area contributed by atoms with Crippen molar-refractivity contribution in [1.82, 2.24) is 24.6 Å². The van der Waals surface area contributed by atoms with Gasteiger partial charge in [-0.25, -0.2) is 4.98 Å². The van der Waals surface area contributed by atoms with Gasteiger partial charge in [0.05, 0.1) is 28.0 Å². The number of thiazole rings is 1. The molecule has 3 aromatic heterocycles. The predicted octanol–water partition coefficient (Wildman–Crippen LogP) is 2.71. The number of primary amides is 1. The number of hydrogen-bond acceptors (Lipinski definition) is 6. The molecule has 0 spiro atoms. The van der Waals surface area contributed by atoms with Gasteiger partial charge in [-0.1, -0.05) is 17.3 Å². The second kappa shape index (κ2) is 8.88. The maximum Gasteiger partial charge on any atom is 0.268 e. The quantitative estimate of drug-likeness (QED) is 0.511. The summed E-state index contributed by atoms with van der Waals surface area (Å²) in [4.78, 5) is 36.4. The van der Waals surface area contributed by atoms with E-state index in [0.717, 1.165) is 12.2 Å². The zero-order valence-electron chi connectivity index (χ0n) is 18.3. The Balaban J connectivity index is 1.71. The van der Waals surface area contributed by atoms with Gasteiger partial charge in [0.25, 0.3) is 11.8 Å². The van der Waals surface area contributed by atoms with E-state index in [0.29, 0.717) is 33.7 Å². The molecule has 0 saturated heterocycles. The smallest absolute Gasteiger partial charge is 0.268 e. The maximum atomic E-state index is 12.3. The number of carbonyl (C=O) groups excluding carboxylic acids is 2. The molecule has 0 bridgehead atoms. The molecule has 0 atom stereocenters.